The fourth-order valence-electron chi connectivity index (χ4n) is 3.27. The van der Waals surface area contributed by atoms with Gasteiger partial charge in [0.2, 0.25) is 21.8 Å². The number of sulfonamides is 1. The van der Waals surface area contributed by atoms with Gasteiger partial charge in [0.25, 0.3) is 0 Å². The second kappa shape index (κ2) is 10.6. The van der Waals surface area contributed by atoms with Crippen LogP contribution in [0.4, 0.5) is 18.9 Å². The van der Waals surface area contributed by atoms with Crippen LogP contribution in [0.25, 0.3) is 0 Å². The van der Waals surface area contributed by atoms with Gasteiger partial charge in [-0.2, -0.15) is 13.2 Å². The Morgan fingerprint density at radius 1 is 1.15 bits per heavy atom. The molecular formula is C22H25ClF3N3O4S. The van der Waals surface area contributed by atoms with E-state index in [1.165, 1.54) is 14.0 Å². The van der Waals surface area contributed by atoms with Gasteiger partial charge in [-0.25, -0.2) is 8.42 Å². The maximum Gasteiger partial charge on any atom is 0.416 e. The predicted molar refractivity (Wildman–Crippen MR) is 124 cm³/mol. The van der Waals surface area contributed by atoms with Gasteiger partial charge in [-0.05, 0) is 37.6 Å². The highest BCUT2D eigenvalue weighted by atomic mass is 35.5. The fourth-order valence-corrected chi connectivity index (χ4v) is 4.40. The summed E-state index contributed by atoms with van der Waals surface area (Å²) < 4.78 is 65.2. The van der Waals surface area contributed by atoms with Crippen molar-refractivity contribution in [1.82, 2.24) is 10.2 Å². The van der Waals surface area contributed by atoms with Crippen molar-refractivity contribution in [2.75, 3.05) is 24.2 Å². The standard InChI is InChI=1S/C22H25ClF3N3O4S/c1-14-6-5-7-16(10-14)12-28(15(2)21(31)27-3)20(30)13-29(34(4,32)33)19-11-17(22(24,25)26)8-9-18(19)23/h5-11,15H,12-13H2,1-4H3,(H,27,31)/t15-/m0/s1. The van der Waals surface area contributed by atoms with E-state index >= 15 is 0 Å². The van der Waals surface area contributed by atoms with Crippen molar-refractivity contribution in [2.24, 2.45) is 0 Å². The lowest BCUT2D eigenvalue weighted by atomic mass is 10.1. The highest BCUT2D eigenvalue weighted by Crippen LogP contribution is 2.36. The monoisotopic (exact) mass is 519 g/mol. The Bertz CT molecular complexity index is 1170. The van der Waals surface area contributed by atoms with Crippen LogP contribution in [-0.2, 0) is 32.3 Å². The number of hydrogen-bond acceptors (Lipinski definition) is 4. The number of halogens is 4. The Morgan fingerprint density at radius 3 is 2.32 bits per heavy atom. The lowest BCUT2D eigenvalue weighted by Gasteiger charge is -2.31. The molecule has 0 aliphatic carbocycles. The third-order valence-corrected chi connectivity index (χ3v) is 6.52. The molecule has 12 heteroatoms. The number of hydrogen-bond donors (Lipinski definition) is 1. The van der Waals surface area contributed by atoms with E-state index < -0.39 is 51.9 Å². The topological polar surface area (TPSA) is 86.8 Å². The Labute approximate surface area is 201 Å². The summed E-state index contributed by atoms with van der Waals surface area (Å²) >= 11 is 6.03. The molecular weight excluding hydrogens is 495 g/mol. The first-order chi connectivity index (χ1) is 15.6. The molecule has 0 aliphatic rings. The number of likely N-dealkylation sites (N-methyl/N-ethyl adjacent to an activating group) is 1. The summed E-state index contributed by atoms with van der Waals surface area (Å²) in [6.07, 6.45) is -4.00. The van der Waals surface area contributed by atoms with Gasteiger partial charge in [0.05, 0.1) is 22.5 Å². The van der Waals surface area contributed by atoms with Gasteiger partial charge in [0, 0.05) is 13.6 Å². The number of aryl methyl sites for hydroxylation is 1. The number of benzene rings is 2. The number of amides is 2. The van der Waals surface area contributed by atoms with Crippen molar-refractivity contribution in [3.63, 3.8) is 0 Å². The first-order valence-electron chi connectivity index (χ1n) is 10.1. The normalized spacial score (nSPS) is 12.7. The highest BCUT2D eigenvalue weighted by molar-refractivity contribution is 7.92. The van der Waals surface area contributed by atoms with Crippen LogP contribution in [0, 0.1) is 6.92 Å². The summed E-state index contributed by atoms with van der Waals surface area (Å²) in [6.45, 7) is 2.43. The molecule has 2 rings (SSSR count). The van der Waals surface area contributed by atoms with Gasteiger partial charge in [-0.1, -0.05) is 41.4 Å². The lowest BCUT2D eigenvalue weighted by Crippen LogP contribution is -2.50. The molecule has 0 heterocycles. The molecule has 0 saturated carbocycles. The molecule has 1 atom stereocenters. The molecule has 0 bridgehead atoms. The molecule has 2 aromatic rings. The Kier molecular flexibility index (Phi) is 8.59. The van der Waals surface area contributed by atoms with E-state index in [1.54, 1.807) is 18.2 Å². The predicted octanol–water partition coefficient (Wildman–Crippen LogP) is 3.60. The van der Waals surface area contributed by atoms with Crippen LogP contribution in [0.2, 0.25) is 5.02 Å². The van der Waals surface area contributed by atoms with Crippen LogP contribution >= 0.6 is 11.6 Å². The van der Waals surface area contributed by atoms with Gasteiger partial charge in [-0.3, -0.25) is 13.9 Å². The summed E-state index contributed by atoms with van der Waals surface area (Å²) in [7, 11) is -2.84. The summed E-state index contributed by atoms with van der Waals surface area (Å²) in [5.74, 6) is -1.29. The Balaban J connectivity index is 2.50. The quantitative estimate of drug-likeness (QED) is 0.577. The van der Waals surface area contributed by atoms with Gasteiger partial charge in [-0.15, -0.1) is 0 Å². The third kappa shape index (κ3) is 6.86. The molecule has 0 spiro atoms. The van der Waals surface area contributed by atoms with Crippen molar-refractivity contribution in [3.8, 4) is 0 Å². The number of carbonyl (C=O) groups excluding carboxylic acids is 2. The smallest absolute Gasteiger partial charge is 0.357 e. The van der Waals surface area contributed by atoms with Crippen molar-refractivity contribution < 1.29 is 31.2 Å². The van der Waals surface area contributed by atoms with E-state index in [0.29, 0.717) is 22.0 Å². The molecule has 34 heavy (non-hydrogen) atoms. The molecule has 0 aromatic heterocycles. The molecule has 0 radical (unpaired) electrons. The maximum atomic E-state index is 13.3. The number of nitrogens with one attached hydrogen (secondary N) is 1. The van der Waals surface area contributed by atoms with Gasteiger partial charge in [0.15, 0.2) is 0 Å². The zero-order valence-corrected chi connectivity index (χ0v) is 20.6. The minimum atomic E-state index is -4.75. The van der Waals surface area contributed by atoms with Crippen molar-refractivity contribution >= 4 is 39.1 Å². The van der Waals surface area contributed by atoms with Crippen molar-refractivity contribution in [3.05, 3.63) is 64.2 Å². The first kappa shape index (κ1) is 27.5. The largest absolute Gasteiger partial charge is 0.416 e. The molecule has 1 N–H and O–H groups in total. The van der Waals surface area contributed by atoms with Crippen LogP contribution in [0.1, 0.15) is 23.6 Å². The molecule has 0 aliphatic heterocycles. The van der Waals surface area contributed by atoms with Gasteiger partial charge < -0.3 is 10.2 Å². The molecule has 2 amide bonds. The van der Waals surface area contributed by atoms with E-state index in [2.05, 4.69) is 5.32 Å². The Hall–Kier alpha value is -2.79. The molecule has 7 nitrogen and oxygen atoms in total. The number of nitrogens with zero attached hydrogens (tertiary/aromatic N) is 2. The zero-order valence-electron chi connectivity index (χ0n) is 19.0. The lowest BCUT2D eigenvalue weighted by molar-refractivity contribution is -0.139. The number of anilines is 1. The minimum absolute atomic E-state index is 0.0248. The number of rotatable bonds is 8. The van der Waals surface area contributed by atoms with E-state index in [-0.39, 0.29) is 11.6 Å². The van der Waals surface area contributed by atoms with E-state index in [0.717, 1.165) is 22.8 Å². The van der Waals surface area contributed by atoms with Crippen LogP contribution in [0.3, 0.4) is 0 Å². The minimum Gasteiger partial charge on any atom is -0.357 e. The number of carbonyl (C=O) groups is 2. The number of alkyl halides is 3. The SMILES string of the molecule is CNC(=O)[C@H](C)N(Cc1cccc(C)c1)C(=O)CN(c1cc(C(F)(F)F)ccc1Cl)S(C)(=O)=O. The summed E-state index contributed by atoms with van der Waals surface area (Å²) in [6, 6.07) is 8.37. The van der Waals surface area contributed by atoms with Gasteiger partial charge >= 0.3 is 6.18 Å². The van der Waals surface area contributed by atoms with E-state index in [9.17, 15) is 31.2 Å². The van der Waals surface area contributed by atoms with Crippen molar-refractivity contribution in [1.29, 1.82) is 0 Å². The molecule has 2 aromatic carbocycles. The van der Waals surface area contributed by atoms with Crippen LogP contribution in [-0.4, -0.2) is 51.0 Å². The van der Waals surface area contributed by atoms with Crippen LogP contribution in [0.5, 0.6) is 0 Å². The third-order valence-electron chi connectivity index (χ3n) is 5.07. The summed E-state index contributed by atoms with van der Waals surface area (Å²) in [5, 5.41) is 2.15. The molecule has 0 fully saturated rings. The zero-order chi connectivity index (χ0) is 25.8. The fraction of sp³-hybridized carbons (Fsp3) is 0.364. The van der Waals surface area contributed by atoms with Crippen LogP contribution < -0.4 is 9.62 Å². The molecule has 0 unspecified atom stereocenters. The van der Waals surface area contributed by atoms with Gasteiger partial charge in [0.1, 0.15) is 12.6 Å². The summed E-state index contributed by atoms with van der Waals surface area (Å²) in [5.41, 5.74) is -0.0168. The average molecular weight is 520 g/mol. The second-order valence-electron chi connectivity index (χ2n) is 7.73. The first-order valence-corrected chi connectivity index (χ1v) is 12.3. The summed E-state index contributed by atoms with van der Waals surface area (Å²) in [4.78, 5) is 26.7. The van der Waals surface area contributed by atoms with Crippen LogP contribution in [0.15, 0.2) is 42.5 Å². The van der Waals surface area contributed by atoms with Crippen molar-refractivity contribution in [2.45, 2.75) is 32.6 Å². The Morgan fingerprint density at radius 2 is 1.79 bits per heavy atom. The van der Waals surface area contributed by atoms with E-state index in [4.69, 9.17) is 11.6 Å². The second-order valence-corrected chi connectivity index (χ2v) is 10.0. The molecule has 0 saturated heterocycles. The average Bonchev–Trinajstić information content (AvgIpc) is 2.73. The molecule has 186 valence electrons. The maximum absolute atomic E-state index is 13.3. The van der Waals surface area contributed by atoms with E-state index in [1.807, 2.05) is 13.0 Å². The highest BCUT2D eigenvalue weighted by Gasteiger charge is 2.34.